The highest BCUT2D eigenvalue weighted by Gasteiger charge is 2.31. The van der Waals surface area contributed by atoms with E-state index in [0.717, 1.165) is 43.9 Å². The van der Waals surface area contributed by atoms with Crippen LogP contribution in [0.2, 0.25) is 0 Å². The topological polar surface area (TPSA) is 21.3 Å². The number of ether oxygens (including phenoxy) is 1. The second kappa shape index (κ2) is 6.79. The molecule has 0 aromatic heterocycles. The van der Waals surface area contributed by atoms with E-state index in [1.807, 2.05) is 7.05 Å². The van der Waals surface area contributed by atoms with Gasteiger partial charge in [-0.2, -0.15) is 13.2 Å². The molecule has 0 aliphatic carbocycles. The molecule has 1 aliphatic heterocycles. The Kier molecular flexibility index (Phi) is 5.27. The third kappa shape index (κ3) is 4.20. The van der Waals surface area contributed by atoms with E-state index in [-0.39, 0.29) is 12.1 Å². The largest absolute Gasteiger partial charge is 0.416 e. The standard InChI is InChI=1S/C16H22F3NO/c1-11-9-12(16(17,18)19)6-7-14(11)15(20-2)10-13-5-3-4-8-21-13/h6-7,9,13,15,20H,3-5,8,10H2,1-2H3. The molecule has 1 N–H and O–H groups in total. The molecule has 1 heterocycles. The SMILES string of the molecule is CNC(CC1CCCCO1)c1ccc(C(F)(F)F)cc1C. The van der Waals surface area contributed by atoms with Crippen LogP contribution in [-0.2, 0) is 10.9 Å². The number of rotatable bonds is 4. The molecular formula is C16H22F3NO. The predicted octanol–water partition coefficient (Wildman–Crippen LogP) is 4.23. The molecule has 1 fully saturated rings. The van der Waals surface area contributed by atoms with Gasteiger partial charge in [0.15, 0.2) is 0 Å². The van der Waals surface area contributed by atoms with Gasteiger partial charge in [0.1, 0.15) is 0 Å². The molecule has 2 rings (SSSR count). The van der Waals surface area contributed by atoms with Gasteiger partial charge in [-0.25, -0.2) is 0 Å². The molecule has 0 saturated carbocycles. The van der Waals surface area contributed by atoms with E-state index in [1.165, 1.54) is 6.07 Å². The summed E-state index contributed by atoms with van der Waals surface area (Å²) < 4.78 is 43.9. The van der Waals surface area contributed by atoms with Crippen LogP contribution in [-0.4, -0.2) is 19.8 Å². The lowest BCUT2D eigenvalue weighted by molar-refractivity contribution is -0.137. The van der Waals surface area contributed by atoms with E-state index < -0.39 is 11.7 Å². The first-order chi connectivity index (χ1) is 9.91. The van der Waals surface area contributed by atoms with Crippen molar-refractivity contribution in [2.75, 3.05) is 13.7 Å². The molecule has 1 aliphatic rings. The van der Waals surface area contributed by atoms with Crippen LogP contribution in [0, 0.1) is 6.92 Å². The second-order valence-electron chi connectivity index (χ2n) is 5.63. The van der Waals surface area contributed by atoms with Crippen LogP contribution in [0.3, 0.4) is 0 Å². The maximum Gasteiger partial charge on any atom is 0.416 e. The molecule has 1 aromatic carbocycles. The van der Waals surface area contributed by atoms with Crippen LogP contribution in [0.4, 0.5) is 13.2 Å². The summed E-state index contributed by atoms with van der Waals surface area (Å²) in [5.74, 6) is 0. The van der Waals surface area contributed by atoms with Gasteiger partial charge in [-0.3, -0.25) is 0 Å². The average molecular weight is 301 g/mol. The summed E-state index contributed by atoms with van der Waals surface area (Å²) in [6, 6.07) is 3.99. The first-order valence-electron chi connectivity index (χ1n) is 7.38. The third-order valence-corrected chi connectivity index (χ3v) is 4.09. The van der Waals surface area contributed by atoms with Gasteiger partial charge in [0.05, 0.1) is 11.7 Å². The Labute approximate surface area is 123 Å². The summed E-state index contributed by atoms with van der Waals surface area (Å²) in [6.45, 7) is 2.52. The van der Waals surface area contributed by atoms with Crippen LogP contribution in [0.25, 0.3) is 0 Å². The maximum absolute atomic E-state index is 12.7. The molecule has 0 bridgehead atoms. The summed E-state index contributed by atoms with van der Waals surface area (Å²) >= 11 is 0. The molecule has 0 amide bonds. The summed E-state index contributed by atoms with van der Waals surface area (Å²) in [4.78, 5) is 0. The van der Waals surface area contributed by atoms with Crippen LogP contribution >= 0.6 is 0 Å². The van der Waals surface area contributed by atoms with Crippen LogP contribution in [0.1, 0.15) is 48.4 Å². The van der Waals surface area contributed by atoms with Crippen molar-refractivity contribution >= 4 is 0 Å². The smallest absolute Gasteiger partial charge is 0.378 e. The third-order valence-electron chi connectivity index (χ3n) is 4.09. The molecule has 118 valence electrons. The summed E-state index contributed by atoms with van der Waals surface area (Å²) in [5, 5.41) is 3.20. The highest BCUT2D eigenvalue weighted by Crippen LogP contribution is 2.33. The van der Waals surface area contributed by atoms with Crippen LogP contribution in [0.15, 0.2) is 18.2 Å². The number of halogens is 3. The lowest BCUT2D eigenvalue weighted by Gasteiger charge is -2.28. The minimum atomic E-state index is -4.29. The quantitative estimate of drug-likeness (QED) is 0.898. The number of hydrogen-bond donors (Lipinski definition) is 1. The van der Waals surface area contributed by atoms with Gasteiger partial charge >= 0.3 is 6.18 Å². The normalized spacial score (nSPS) is 21.3. The van der Waals surface area contributed by atoms with Gasteiger partial charge in [0, 0.05) is 12.6 Å². The lowest BCUT2D eigenvalue weighted by Crippen LogP contribution is -2.27. The lowest BCUT2D eigenvalue weighted by atomic mass is 9.93. The monoisotopic (exact) mass is 301 g/mol. The molecule has 2 nitrogen and oxygen atoms in total. The van der Waals surface area contributed by atoms with Gasteiger partial charge in [-0.05, 0) is 62.9 Å². The van der Waals surface area contributed by atoms with Crippen molar-refractivity contribution in [3.8, 4) is 0 Å². The van der Waals surface area contributed by atoms with Crippen molar-refractivity contribution in [1.82, 2.24) is 5.32 Å². The number of benzene rings is 1. The molecule has 2 atom stereocenters. The zero-order valence-electron chi connectivity index (χ0n) is 12.5. The number of nitrogens with one attached hydrogen (secondary N) is 1. The first kappa shape index (κ1) is 16.3. The minimum absolute atomic E-state index is 0.0235. The molecule has 1 aromatic rings. The van der Waals surface area contributed by atoms with Crippen molar-refractivity contribution in [3.05, 3.63) is 34.9 Å². The Morgan fingerprint density at radius 3 is 2.62 bits per heavy atom. The molecule has 5 heteroatoms. The first-order valence-corrected chi connectivity index (χ1v) is 7.38. The maximum atomic E-state index is 12.7. The molecule has 2 unspecified atom stereocenters. The van der Waals surface area contributed by atoms with Crippen molar-refractivity contribution in [2.45, 2.75) is 50.9 Å². The fraction of sp³-hybridized carbons (Fsp3) is 0.625. The number of alkyl halides is 3. The fourth-order valence-corrected chi connectivity index (χ4v) is 2.90. The van der Waals surface area contributed by atoms with Crippen molar-refractivity contribution in [1.29, 1.82) is 0 Å². The second-order valence-corrected chi connectivity index (χ2v) is 5.63. The van der Waals surface area contributed by atoms with Crippen molar-refractivity contribution < 1.29 is 17.9 Å². The molecule has 0 spiro atoms. The molecule has 0 radical (unpaired) electrons. The Morgan fingerprint density at radius 2 is 2.10 bits per heavy atom. The molecule has 21 heavy (non-hydrogen) atoms. The van der Waals surface area contributed by atoms with E-state index in [1.54, 1.807) is 13.0 Å². The zero-order valence-corrected chi connectivity index (χ0v) is 12.5. The van der Waals surface area contributed by atoms with E-state index in [2.05, 4.69) is 5.32 Å². The summed E-state index contributed by atoms with van der Waals surface area (Å²) in [5.41, 5.74) is 0.993. The van der Waals surface area contributed by atoms with E-state index in [4.69, 9.17) is 4.74 Å². The van der Waals surface area contributed by atoms with Gasteiger partial charge < -0.3 is 10.1 Å². The number of aryl methyl sites for hydroxylation is 1. The van der Waals surface area contributed by atoms with Gasteiger partial charge in [-0.15, -0.1) is 0 Å². The Balaban J connectivity index is 2.14. The fourth-order valence-electron chi connectivity index (χ4n) is 2.90. The van der Waals surface area contributed by atoms with E-state index >= 15 is 0 Å². The van der Waals surface area contributed by atoms with Gasteiger partial charge in [-0.1, -0.05) is 6.07 Å². The van der Waals surface area contributed by atoms with Crippen molar-refractivity contribution in [3.63, 3.8) is 0 Å². The minimum Gasteiger partial charge on any atom is -0.378 e. The summed E-state index contributed by atoms with van der Waals surface area (Å²) in [6.07, 6.45) is -0.0172. The van der Waals surface area contributed by atoms with E-state index in [0.29, 0.717) is 5.56 Å². The Morgan fingerprint density at radius 1 is 1.33 bits per heavy atom. The van der Waals surface area contributed by atoms with Crippen LogP contribution < -0.4 is 5.32 Å². The Bertz CT molecular complexity index is 467. The van der Waals surface area contributed by atoms with Crippen LogP contribution in [0.5, 0.6) is 0 Å². The highest BCUT2D eigenvalue weighted by molar-refractivity contribution is 5.34. The molecular weight excluding hydrogens is 279 g/mol. The summed E-state index contributed by atoms with van der Waals surface area (Å²) in [7, 11) is 1.84. The average Bonchev–Trinajstić information content (AvgIpc) is 2.45. The van der Waals surface area contributed by atoms with Gasteiger partial charge in [0.25, 0.3) is 0 Å². The number of hydrogen-bond acceptors (Lipinski definition) is 2. The van der Waals surface area contributed by atoms with Crippen molar-refractivity contribution in [2.24, 2.45) is 0 Å². The predicted molar refractivity (Wildman–Crippen MR) is 76.2 cm³/mol. The Hall–Kier alpha value is -1.07. The van der Waals surface area contributed by atoms with E-state index in [9.17, 15) is 13.2 Å². The molecule has 1 saturated heterocycles. The highest BCUT2D eigenvalue weighted by atomic mass is 19.4. The zero-order chi connectivity index (χ0) is 15.5. The van der Waals surface area contributed by atoms with Gasteiger partial charge in [0.2, 0.25) is 0 Å².